The first-order valence-electron chi connectivity index (χ1n) is 5.67. The molecule has 2 unspecified atom stereocenters. The van der Waals surface area contributed by atoms with Crippen LogP contribution in [0.2, 0.25) is 0 Å². The van der Waals surface area contributed by atoms with Crippen LogP contribution in [0.5, 0.6) is 0 Å². The molecule has 1 saturated heterocycles. The van der Waals surface area contributed by atoms with Gasteiger partial charge in [0, 0.05) is 26.7 Å². The van der Waals surface area contributed by atoms with Gasteiger partial charge in [0.05, 0.1) is 13.0 Å². The minimum absolute atomic E-state index is 0.0413. The van der Waals surface area contributed by atoms with Gasteiger partial charge in [-0.25, -0.2) is 0 Å². The highest BCUT2D eigenvalue weighted by molar-refractivity contribution is 5.82. The Hall–Kier alpha value is -1.26. The smallest absolute Gasteiger partial charge is 0.310 e. The Balaban J connectivity index is 2.65. The molecule has 1 heterocycles. The lowest BCUT2D eigenvalue weighted by atomic mass is 9.99. The summed E-state index contributed by atoms with van der Waals surface area (Å²) in [7, 11) is 3.20. The number of likely N-dealkylation sites (tertiary alicyclic amines) is 1. The number of hydrogen-bond donors (Lipinski definition) is 1. The van der Waals surface area contributed by atoms with Crippen LogP contribution in [0.3, 0.4) is 0 Å². The van der Waals surface area contributed by atoms with E-state index in [1.165, 1.54) is 7.11 Å². The highest BCUT2D eigenvalue weighted by atomic mass is 16.5. The number of carbonyl (C=O) groups excluding carboxylic acids is 1. The summed E-state index contributed by atoms with van der Waals surface area (Å²) in [5.74, 6) is 1.01. The molecule has 1 fully saturated rings. The van der Waals surface area contributed by atoms with Crippen LogP contribution < -0.4 is 5.32 Å². The molecule has 1 N–H and O–H groups in total. The summed E-state index contributed by atoms with van der Waals surface area (Å²) in [6.07, 6.45) is 0. The Kier molecular flexibility index (Phi) is 4.58. The Morgan fingerprint density at radius 2 is 2.25 bits per heavy atom. The standard InChI is InChI=1S/C11H21N3O2/c1-5-13-11(12-3)14-6-8(2)9(7-14)10(15)16-4/h8-9H,5-7H2,1-4H3,(H,12,13). The van der Waals surface area contributed by atoms with Gasteiger partial charge in [0.1, 0.15) is 0 Å². The van der Waals surface area contributed by atoms with Crippen molar-refractivity contribution in [1.82, 2.24) is 10.2 Å². The maximum atomic E-state index is 11.5. The Morgan fingerprint density at radius 1 is 1.56 bits per heavy atom. The van der Waals surface area contributed by atoms with Crippen molar-refractivity contribution in [2.24, 2.45) is 16.8 Å². The molecule has 0 aliphatic carbocycles. The predicted octanol–water partition coefficient (Wildman–Crippen LogP) is 0.323. The summed E-state index contributed by atoms with van der Waals surface area (Å²) in [5.41, 5.74) is 0. The fraction of sp³-hybridized carbons (Fsp3) is 0.818. The van der Waals surface area contributed by atoms with E-state index in [0.717, 1.165) is 19.0 Å². The number of ether oxygens (including phenoxy) is 1. The van der Waals surface area contributed by atoms with E-state index in [1.54, 1.807) is 7.05 Å². The van der Waals surface area contributed by atoms with E-state index in [9.17, 15) is 4.79 Å². The molecule has 92 valence electrons. The largest absolute Gasteiger partial charge is 0.469 e. The molecule has 0 amide bonds. The second-order valence-corrected chi connectivity index (χ2v) is 4.09. The van der Waals surface area contributed by atoms with Crippen LogP contribution in [0.25, 0.3) is 0 Å². The molecule has 5 nitrogen and oxygen atoms in total. The van der Waals surface area contributed by atoms with Crippen molar-refractivity contribution >= 4 is 11.9 Å². The number of aliphatic imine (C=N–C) groups is 1. The summed E-state index contributed by atoms with van der Waals surface area (Å²) >= 11 is 0. The van der Waals surface area contributed by atoms with E-state index in [0.29, 0.717) is 12.5 Å². The summed E-state index contributed by atoms with van der Waals surface area (Å²) < 4.78 is 4.80. The van der Waals surface area contributed by atoms with E-state index < -0.39 is 0 Å². The normalized spacial score (nSPS) is 25.8. The number of hydrogen-bond acceptors (Lipinski definition) is 3. The van der Waals surface area contributed by atoms with Crippen LogP contribution >= 0.6 is 0 Å². The first-order valence-corrected chi connectivity index (χ1v) is 5.67. The minimum atomic E-state index is -0.123. The van der Waals surface area contributed by atoms with Crippen molar-refractivity contribution in [2.75, 3.05) is 33.8 Å². The highest BCUT2D eigenvalue weighted by Crippen LogP contribution is 2.23. The van der Waals surface area contributed by atoms with E-state index >= 15 is 0 Å². The highest BCUT2D eigenvalue weighted by Gasteiger charge is 2.36. The molecule has 0 bridgehead atoms. The molecular weight excluding hydrogens is 206 g/mol. The fourth-order valence-electron chi connectivity index (χ4n) is 2.09. The third-order valence-electron chi connectivity index (χ3n) is 2.96. The minimum Gasteiger partial charge on any atom is -0.469 e. The number of nitrogens with zero attached hydrogens (tertiary/aromatic N) is 2. The Bertz CT molecular complexity index is 278. The van der Waals surface area contributed by atoms with Crippen molar-refractivity contribution in [2.45, 2.75) is 13.8 Å². The molecule has 0 radical (unpaired) electrons. The molecular formula is C11H21N3O2. The molecule has 16 heavy (non-hydrogen) atoms. The van der Waals surface area contributed by atoms with Crippen molar-refractivity contribution in [3.8, 4) is 0 Å². The lowest BCUT2D eigenvalue weighted by Crippen LogP contribution is -2.40. The van der Waals surface area contributed by atoms with Gasteiger partial charge in [0.15, 0.2) is 5.96 Å². The van der Waals surface area contributed by atoms with Crippen LogP contribution in [0.1, 0.15) is 13.8 Å². The zero-order valence-corrected chi connectivity index (χ0v) is 10.5. The van der Waals surface area contributed by atoms with Gasteiger partial charge < -0.3 is 15.0 Å². The average Bonchev–Trinajstić information content (AvgIpc) is 2.67. The first kappa shape index (κ1) is 12.8. The third kappa shape index (κ3) is 2.65. The third-order valence-corrected chi connectivity index (χ3v) is 2.96. The lowest BCUT2D eigenvalue weighted by Gasteiger charge is -2.20. The molecule has 0 aromatic rings. The van der Waals surface area contributed by atoms with Gasteiger partial charge in [-0.2, -0.15) is 0 Å². The van der Waals surface area contributed by atoms with Crippen LogP contribution in [-0.4, -0.2) is 50.6 Å². The number of esters is 1. The van der Waals surface area contributed by atoms with Crippen molar-refractivity contribution < 1.29 is 9.53 Å². The Labute approximate surface area is 96.9 Å². The topological polar surface area (TPSA) is 53.9 Å². The number of guanidine groups is 1. The fourth-order valence-corrected chi connectivity index (χ4v) is 2.09. The van der Waals surface area contributed by atoms with E-state index in [1.807, 2.05) is 6.92 Å². The SMILES string of the molecule is CCNC(=NC)N1CC(C)C(C(=O)OC)C1. The Morgan fingerprint density at radius 3 is 2.75 bits per heavy atom. The van der Waals surface area contributed by atoms with E-state index in [-0.39, 0.29) is 11.9 Å². The molecule has 2 atom stereocenters. The molecule has 1 aliphatic heterocycles. The summed E-state index contributed by atoms with van der Waals surface area (Å²) in [5, 5.41) is 3.20. The number of methoxy groups -OCH3 is 1. The number of carbonyl (C=O) groups is 1. The van der Waals surface area contributed by atoms with Crippen molar-refractivity contribution in [3.63, 3.8) is 0 Å². The lowest BCUT2D eigenvalue weighted by molar-refractivity contribution is -0.145. The molecule has 0 saturated carbocycles. The monoisotopic (exact) mass is 227 g/mol. The van der Waals surface area contributed by atoms with Crippen LogP contribution in [0.4, 0.5) is 0 Å². The zero-order chi connectivity index (χ0) is 12.1. The summed E-state index contributed by atoms with van der Waals surface area (Å²) in [6.45, 7) is 6.47. The molecule has 5 heteroatoms. The molecule has 1 rings (SSSR count). The van der Waals surface area contributed by atoms with Crippen LogP contribution in [0.15, 0.2) is 4.99 Å². The number of nitrogens with one attached hydrogen (secondary N) is 1. The van der Waals surface area contributed by atoms with Crippen LogP contribution in [0, 0.1) is 11.8 Å². The van der Waals surface area contributed by atoms with E-state index in [4.69, 9.17) is 4.74 Å². The molecule has 0 spiro atoms. The predicted molar refractivity (Wildman–Crippen MR) is 63.3 cm³/mol. The van der Waals surface area contributed by atoms with Crippen molar-refractivity contribution in [3.05, 3.63) is 0 Å². The van der Waals surface area contributed by atoms with Gasteiger partial charge in [0.25, 0.3) is 0 Å². The first-order chi connectivity index (χ1) is 7.63. The van der Waals surface area contributed by atoms with Crippen LogP contribution in [-0.2, 0) is 9.53 Å². The maximum Gasteiger partial charge on any atom is 0.310 e. The van der Waals surface area contributed by atoms with Gasteiger partial charge in [-0.05, 0) is 12.8 Å². The summed E-state index contributed by atoms with van der Waals surface area (Å²) in [4.78, 5) is 17.8. The second-order valence-electron chi connectivity index (χ2n) is 4.09. The van der Waals surface area contributed by atoms with E-state index in [2.05, 4.69) is 22.1 Å². The second kappa shape index (κ2) is 5.72. The molecule has 1 aliphatic rings. The summed E-state index contributed by atoms with van der Waals surface area (Å²) in [6, 6.07) is 0. The zero-order valence-electron chi connectivity index (χ0n) is 10.5. The molecule has 0 aromatic heterocycles. The number of rotatable bonds is 2. The molecule has 0 aromatic carbocycles. The van der Waals surface area contributed by atoms with Gasteiger partial charge >= 0.3 is 5.97 Å². The quantitative estimate of drug-likeness (QED) is 0.419. The van der Waals surface area contributed by atoms with Crippen molar-refractivity contribution in [1.29, 1.82) is 0 Å². The maximum absolute atomic E-state index is 11.5. The average molecular weight is 227 g/mol. The van der Waals surface area contributed by atoms with Gasteiger partial charge in [-0.15, -0.1) is 0 Å². The van der Waals surface area contributed by atoms with Gasteiger partial charge in [0.2, 0.25) is 0 Å². The van der Waals surface area contributed by atoms with Gasteiger partial charge in [-0.1, -0.05) is 6.92 Å². The van der Waals surface area contributed by atoms with Gasteiger partial charge in [-0.3, -0.25) is 9.79 Å².